The number of anilines is 2. The molecule has 0 aliphatic carbocycles. The van der Waals surface area contributed by atoms with E-state index in [2.05, 4.69) is 64.7 Å². The number of benzene rings is 3. The fourth-order valence-electron chi connectivity index (χ4n) is 3.53. The number of carbonyl (C=O) groups is 1. The molecule has 156 valence electrons. The monoisotopic (exact) mass is 490 g/mol. The summed E-state index contributed by atoms with van der Waals surface area (Å²) in [5.74, 6) is -0.0986. The molecule has 2 N–H and O–H groups in total. The smallest absolute Gasteiger partial charge is 0.256 e. The first-order chi connectivity index (χ1) is 15.0. The van der Waals surface area contributed by atoms with Crippen LogP contribution in [0.2, 0.25) is 0 Å². The Labute approximate surface area is 195 Å². The maximum Gasteiger partial charge on any atom is 0.256 e. The van der Waals surface area contributed by atoms with Gasteiger partial charge in [-0.3, -0.25) is 4.79 Å². The number of halogens is 1. The van der Waals surface area contributed by atoms with Gasteiger partial charge in [0.1, 0.15) is 5.00 Å². The maximum atomic E-state index is 12.9. The molecule has 31 heavy (non-hydrogen) atoms. The normalized spacial score (nSPS) is 11.7. The highest BCUT2D eigenvalue weighted by atomic mass is 79.9. The summed E-state index contributed by atoms with van der Waals surface area (Å²) < 4.78 is 1.03. The zero-order valence-electron chi connectivity index (χ0n) is 17.4. The molecule has 0 bridgehead atoms. The predicted octanol–water partition coefficient (Wildman–Crippen LogP) is 7.58. The molecule has 1 aromatic heterocycles. The van der Waals surface area contributed by atoms with Crippen LogP contribution in [0.5, 0.6) is 0 Å². The molecule has 0 saturated carbocycles. The largest absolute Gasteiger partial charge is 0.374 e. The van der Waals surface area contributed by atoms with Crippen molar-refractivity contribution in [3.8, 4) is 0 Å². The van der Waals surface area contributed by atoms with E-state index in [1.54, 1.807) is 11.3 Å². The second kappa shape index (κ2) is 9.50. The molecule has 0 spiro atoms. The molecule has 5 heteroatoms. The van der Waals surface area contributed by atoms with Gasteiger partial charge in [0.05, 0.1) is 6.04 Å². The molecule has 0 aliphatic rings. The molecule has 4 aromatic rings. The van der Waals surface area contributed by atoms with Gasteiger partial charge < -0.3 is 10.6 Å². The fourth-order valence-corrected chi connectivity index (χ4v) is 4.89. The summed E-state index contributed by atoms with van der Waals surface area (Å²) in [5.41, 5.74) is 5.09. The van der Waals surface area contributed by atoms with Crippen LogP contribution in [0.1, 0.15) is 38.0 Å². The first kappa shape index (κ1) is 21.3. The first-order valence-electron chi connectivity index (χ1n) is 10.1. The van der Waals surface area contributed by atoms with Crippen molar-refractivity contribution in [3.63, 3.8) is 0 Å². The summed E-state index contributed by atoms with van der Waals surface area (Å²) >= 11 is 5.12. The van der Waals surface area contributed by atoms with E-state index in [0.29, 0.717) is 5.56 Å². The summed E-state index contributed by atoms with van der Waals surface area (Å²) in [6, 6.07) is 27.7. The fraction of sp³-hybridized carbons (Fsp3) is 0.115. The third kappa shape index (κ3) is 4.89. The van der Waals surface area contributed by atoms with Gasteiger partial charge in [0.25, 0.3) is 5.91 Å². The van der Waals surface area contributed by atoms with E-state index in [-0.39, 0.29) is 11.9 Å². The Morgan fingerprint density at radius 3 is 2.13 bits per heavy atom. The third-order valence-electron chi connectivity index (χ3n) is 5.27. The SMILES string of the molecule is Cc1sc(NC(=O)c2ccccc2)c([C@@H](Nc2ccc(Br)cc2)c2ccccc2)c1C. The van der Waals surface area contributed by atoms with Gasteiger partial charge in [-0.15, -0.1) is 11.3 Å². The summed E-state index contributed by atoms with van der Waals surface area (Å²) in [5, 5.41) is 7.72. The molecule has 3 nitrogen and oxygen atoms in total. The zero-order chi connectivity index (χ0) is 21.8. The summed E-state index contributed by atoms with van der Waals surface area (Å²) in [6.45, 7) is 4.22. The Morgan fingerprint density at radius 1 is 0.871 bits per heavy atom. The average molecular weight is 491 g/mol. The summed E-state index contributed by atoms with van der Waals surface area (Å²) in [7, 11) is 0. The van der Waals surface area contributed by atoms with Gasteiger partial charge in [0.15, 0.2) is 0 Å². The lowest BCUT2D eigenvalue weighted by Crippen LogP contribution is -2.17. The standard InChI is InChI=1S/C26H23BrN2OS/c1-17-18(2)31-26(29-25(30)20-11-7-4-8-12-20)23(17)24(19-9-5-3-6-10-19)28-22-15-13-21(27)14-16-22/h3-16,24,28H,1-2H3,(H,29,30)/t24-/m0/s1. The Hall–Kier alpha value is -2.89. The van der Waals surface area contributed by atoms with Gasteiger partial charge in [0.2, 0.25) is 0 Å². The second-order valence-electron chi connectivity index (χ2n) is 7.34. The molecule has 0 aliphatic heterocycles. The minimum Gasteiger partial charge on any atom is -0.374 e. The van der Waals surface area contributed by atoms with E-state index in [1.807, 2.05) is 60.7 Å². The van der Waals surface area contributed by atoms with Crippen molar-refractivity contribution in [2.45, 2.75) is 19.9 Å². The lowest BCUT2D eigenvalue weighted by atomic mass is 9.96. The molecule has 1 atom stereocenters. The lowest BCUT2D eigenvalue weighted by molar-refractivity contribution is 0.102. The van der Waals surface area contributed by atoms with Gasteiger partial charge >= 0.3 is 0 Å². The van der Waals surface area contributed by atoms with Crippen LogP contribution in [0.3, 0.4) is 0 Å². The predicted molar refractivity (Wildman–Crippen MR) is 134 cm³/mol. The highest BCUT2D eigenvalue weighted by Gasteiger charge is 2.24. The molecule has 3 aromatic carbocycles. The number of aryl methyl sites for hydroxylation is 1. The minimum atomic E-state index is -0.0987. The van der Waals surface area contributed by atoms with Crippen LogP contribution in [0.15, 0.2) is 89.4 Å². The molecular formula is C26H23BrN2OS. The quantitative estimate of drug-likeness (QED) is 0.292. The second-order valence-corrected chi connectivity index (χ2v) is 9.48. The van der Waals surface area contributed by atoms with Gasteiger partial charge in [0, 0.05) is 26.2 Å². The number of rotatable bonds is 6. The zero-order valence-corrected chi connectivity index (χ0v) is 19.8. The molecule has 1 amide bonds. The van der Waals surface area contributed by atoms with Gasteiger partial charge in [-0.1, -0.05) is 64.5 Å². The Kier molecular flexibility index (Phi) is 6.54. The van der Waals surface area contributed by atoms with Crippen LogP contribution < -0.4 is 10.6 Å². The van der Waals surface area contributed by atoms with Crippen molar-refractivity contribution >= 4 is 43.9 Å². The lowest BCUT2D eigenvalue weighted by Gasteiger charge is -2.23. The molecule has 0 radical (unpaired) electrons. The van der Waals surface area contributed by atoms with Crippen LogP contribution in [0.25, 0.3) is 0 Å². The van der Waals surface area contributed by atoms with E-state index in [1.165, 1.54) is 10.4 Å². The van der Waals surface area contributed by atoms with E-state index in [9.17, 15) is 4.79 Å². The number of carbonyl (C=O) groups excluding carboxylic acids is 1. The Bertz CT molecular complexity index is 1170. The van der Waals surface area contributed by atoms with Crippen molar-refractivity contribution in [2.75, 3.05) is 10.6 Å². The van der Waals surface area contributed by atoms with Crippen LogP contribution in [-0.2, 0) is 0 Å². The molecule has 1 heterocycles. The number of thiophene rings is 1. The van der Waals surface area contributed by atoms with Crippen molar-refractivity contribution in [1.29, 1.82) is 0 Å². The van der Waals surface area contributed by atoms with Crippen LogP contribution in [0.4, 0.5) is 10.7 Å². The molecule has 0 saturated heterocycles. The molecule has 0 unspecified atom stereocenters. The van der Waals surface area contributed by atoms with Gasteiger partial charge in [-0.25, -0.2) is 0 Å². The van der Waals surface area contributed by atoms with E-state index in [0.717, 1.165) is 26.3 Å². The third-order valence-corrected chi connectivity index (χ3v) is 6.94. The number of nitrogens with one attached hydrogen (secondary N) is 2. The Balaban J connectivity index is 1.75. The van der Waals surface area contributed by atoms with Crippen LogP contribution in [0, 0.1) is 13.8 Å². The van der Waals surface area contributed by atoms with E-state index >= 15 is 0 Å². The van der Waals surface area contributed by atoms with Crippen LogP contribution >= 0.6 is 27.3 Å². The topological polar surface area (TPSA) is 41.1 Å². The number of amides is 1. The first-order valence-corrected chi connectivity index (χ1v) is 11.7. The van der Waals surface area contributed by atoms with Crippen molar-refractivity contribution in [1.82, 2.24) is 0 Å². The number of hydrogen-bond acceptors (Lipinski definition) is 3. The molecule has 4 rings (SSSR count). The minimum absolute atomic E-state index is 0.0986. The van der Waals surface area contributed by atoms with E-state index < -0.39 is 0 Å². The summed E-state index contributed by atoms with van der Waals surface area (Å²) in [6.07, 6.45) is 0. The van der Waals surface area contributed by atoms with Crippen molar-refractivity contribution in [3.05, 3.63) is 117 Å². The number of hydrogen-bond donors (Lipinski definition) is 2. The van der Waals surface area contributed by atoms with Crippen molar-refractivity contribution < 1.29 is 4.79 Å². The van der Waals surface area contributed by atoms with Crippen molar-refractivity contribution in [2.24, 2.45) is 0 Å². The van der Waals surface area contributed by atoms with E-state index in [4.69, 9.17) is 0 Å². The maximum absolute atomic E-state index is 12.9. The highest BCUT2D eigenvalue weighted by Crippen LogP contribution is 2.41. The molecule has 0 fully saturated rings. The van der Waals surface area contributed by atoms with Gasteiger partial charge in [-0.2, -0.15) is 0 Å². The average Bonchev–Trinajstić information content (AvgIpc) is 3.07. The Morgan fingerprint density at radius 2 is 1.48 bits per heavy atom. The highest BCUT2D eigenvalue weighted by molar-refractivity contribution is 9.10. The van der Waals surface area contributed by atoms with Gasteiger partial charge in [-0.05, 0) is 61.4 Å². The van der Waals surface area contributed by atoms with Crippen LogP contribution in [-0.4, -0.2) is 5.91 Å². The molecular weight excluding hydrogens is 468 g/mol. The summed E-state index contributed by atoms with van der Waals surface area (Å²) in [4.78, 5) is 14.1.